The van der Waals surface area contributed by atoms with E-state index in [1.54, 1.807) is 29.3 Å². The predicted molar refractivity (Wildman–Crippen MR) is 59.0 cm³/mol. The standard InChI is InChI=1S/C8H4IN5O/c9-8-12-7(15-13-8)5-3-11-14-2-1-10-4-6(5)14/h1-4H. The SMILES string of the molecule is Ic1noc(-c2cnn3ccncc23)n1. The summed E-state index contributed by atoms with van der Waals surface area (Å²) in [4.78, 5) is 8.16. The van der Waals surface area contributed by atoms with Crippen molar-refractivity contribution >= 4 is 28.1 Å². The van der Waals surface area contributed by atoms with Gasteiger partial charge >= 0.3 is 0 Å². The highest BCUT2D eigenvalue weighted by Gasteiger charge is 2.12. The topological polar surface area (TPSA) is 69.1 Å². The van der Waals surface area contributed by atoms with E-state index in [1.807, 2.05) is 22.6 Å². The third-order valence-corrected chi connectivity index (χ3v) is 2.39. The molecule has 3 aromatic rings. The summed E-state index contributed by atoms with van der Waals surface area (Å²) in [5.74, 6) is 0.461. The van der Waals surface area contributed by atoms with Crippen molar-refractivity contribution in [1.82, 2.24) is 24.7 Å². The highest BCUT2D eigenvalue weighted by atomic mass is 127. The van der Waals surface area contributed by atoms with E-state index in [1.165, 1.54) is 0 Å². The molecule has 0 radical (unpaired) electrons. The summed E-state index contributed by atoms with van der Waals surface area (Å²) in [6.07, 6.45) is 6.82. The average Bonchev–Trinajstić information content (AvgIpc) is 2.83. The van der Waals surface area contributed by atoms with Crippen LogP contribution in [0.25, 0.3) is 17.0 Å². The Morgan fingerprint density at radius 2 is 2.27 bits per heavy atom. The van der Waals surface area contributed by atoms with Gasteiger partial charge in [-0.1, -0.05) is 5.16 Å². The van der Waals surface area contributed by atoms with Crippen LogP contribution in [-0.2, 0) is 0 Å². The molecule has 0 atom stereocenters. The van der Waals surface area contributed by atoms with Crippen molar-refractivity contribution in [2.24, 2.45) is 0 Å². The molecule has 0 N–H and O–H groups in total. The number of rotatable bonds is 1. The first-order valence-corrected chi connectivity index (χ1v) is 5.19. The highest BCUT2D eigenvalue weighted by molar-refractivity contribution is 14.1. The van der Waals surface area contributed by atoms with Gasteiger partial charge in [0.25, 0.3) is 5.89 Å². The molecule has 7 heteroatoms. The maximum atomic E-state index is 5.07. The van der Waals surface area contributed by atoms with Gasteiger partial charge in [0.05, 0.1) is 23.5 Å². The third-order valence-electron chi connectivity index (χ3n) is 1.96. The fraction of sp³-hybridized carbons (Fsp3) is 0. The van der Waals surface area contributed by atoms with Crippen LogP contribution in [0, 0.1) is 3.83 Å². The first-order chi connectivity index (χ1) is 7.34. The van der Waals surface area contributed by atoms with Crippen LogP contribution in [0.3, 0.4) is 0 Å². The van der Waals surface area contributed by atoms with E-state index >= 15 is 0 Å². The Morgan fingerprint density at radius 3 is 3.07 bits per heavy atom. The van der Waals surface area contributed by atoms with E-state index in [-0.39, 0.29) is 0 Å². The minimum absolute atomic E-state index is 0.461. The largest absolute Gasteiger partial charge is 0.333 e. The molecule has 3 aromatic heterocycles. The number of aromatic nitrogens is 5. The Labute approximate surface area is 97.5 Å². The molecule has 0 aliphatic heterocycles. The molecule has 0 aliphatic carbocycles. The van der Waals surface area contributed by atoms with Crippen LogP contribution in [0.4, 0.5) is 0 Å². The van der Waals surface area contributed by atoms with Gasteiger partial charge in [0.1, 0.15) is 0 Å². The van der Waals surface area contributed by atoms with Gasteiger partial charge in [0.2, 0.25) is 3.83 Å². The summed E-state index contributed by atoms with van der Waals surface area (Å²) in [7, 11) is 0. The van der Waals surface area contributed by atoms with Gasteiger partial charge < -0.3 is 4.52 Å². The van der Waals surface area contributed by atoms with E-state index in [0.717, 1.165) is 11.1 Å². The van der Waals surface area contributed by atoms with E-state index in [2.05, 4.69) is 20.2 Å². The molecular weight excluding hydrogens is 309 g/mol. The van der Waals surface area contributed by atoms with Crippen molar-refractivity contribution < 1.29 is 4.52 Å². The van der Waals surface area contributed by atoms with Crippen molar-refractivity contribution in [2.45, 2.75) is 0 Å². The number of fused-ring (bicyclic) bond motifs is 1. The monoisotopic (exact) mass is 313 g/mol. The summed E-state index contributed by atoms with van der Waals surface area (Å²) in [5, 5.41) is 7.87. The smallest absolute Gasteiger partial charge is 0.262 e. The fourth-order valence-electron chi connectivity index (χ4n) is 1.31. The zero-order valence-corrected chi connectivity index (χ0v) is 9.49. The van der Waals surface area contributed by atoms with Crippen LogP contribution in [-0.4, -0.2) is 24.7 Å². The molecule has 0 saturated heterocycles. The molecular formula is C8H4IN5O. The second-order valence-electron chi connectivity index (χ2n) is 2.83. The maximum absolute atomic E-state index is 5.07. The van der Waals surface area contributed by atoms with Crippen LogP contribution in [0.2, 0.25) is 0 Å². The second kappa shape index (κ2) is 3.26. The van der Waals surface area contributed by atoms with Crippen molar-refractivity contribution in [3.05, 3.63) is 28.6 Å². The maximum Gasteiger partial charge on any atom is 0.262 e. The quantitative estimate of drug-likeness (QED) is 0.635. The number of hydrogen-bond acceptors (Lipinski definition) is 5. The molecule has 0 aromatic carbocycles. The zero-order valence-electron chi connectivity index (χ0n) is 7.33. The van der Waals surface area contributed by atoms with Gasteiger partial charge in [0.15, 0.2) is 0 Å². The summed E-state index contributed by atoms with van der Waals surface area (Å²) >= 11 is 1.99. The first-order valence-electron chi connectivity index (χ1n) is 4.11. The van der Waals surface area contributed by atoms with Crippen molar-refractivity contribution in [1.29, 1.82) is 0 Å². The number of hydrogen-bond donors (Lipinski definition) is 0. The van der Waals surface area contributed by atoms with Gasteiger partial charge in [-0.2, -0.15) is 10.1 Å². The molecule has 0 spiro atoms. The van der Waals surface area contributed by atoms with E-state index in [0.29, 0.717) is 9.72 Å². The molecule has 0 amide bonds. The number of halogens is 1. The van der Waals surface area contributed by atoms with Crippen molar-refractivity contribution in [2.75, 3.05) is 0 Å². The molecule has 3 rings (SSSR count). The summed E-state index contributed by atoms with van der Waals surface area (Å²) in [5.41, 5.74) is 1.64. The molecule has 0 aliphatic rings. The lowest BCUT2D eigenvalue weighted by molar-refractivity contribution is 0.426. The van der Waals surface area contributed by atoms with Gasteiger partial charge in [-0.3, -0.25) is 4.98 Å². The van der Waals surface area contributed by atoms with Crippen LogP contribution < -0.4 is 0 Å². The van der Waals surface area contributed by atoms with Crippen molar-refractivity contribution in [3.8, 4) is 11.5 Å². The lowest BCUT2D eigenvalue weighted by Gasteiger charge is -1.91. The summed E-state index contributed by atoms with van der Waals surface area (Å²) in [6.45, 7) is 0. The fourth-order valence-corrected chi connectivity index (χ4v) is 1.63. The lowest BCUT2D eigenvalue weighted by atomic mass is 10.3. The van der Waals surface area contributed by atoms with E-state index in [9.17, 15) is 0 Å². The molecule has 0 saturated carbocycles. The van der Waals surface area contributed by atoms with Crippen molar-refractivity contribution in [3.63, 3.8) is 0 Å². The van der Waals surface area contributed by atoms with Gasteiger partial charge in [0, 0.05) is 35.0 Å². The highest BCUT2D eigenvalue weighted by Crippen LogP contribution is 2.21. The second-order valence-corrected chi connectivity index (χ2v) is 3.80. The molecule has 15 heavy (non-hydrogen) atoms. The molecule has 0 fully saturated rings. The number of nitrogens with zero attached hydrogens (tertiary/aromatic N) is 5. The Balaban J connectivity index is 2.27. The minimum atomic E-state index is 0.461. The molecule has 6 nitrogen and oxygen atoms in total. The Bertz CT molecular complexity index is 616. The van der Waals surface area contributed by atoms with Crippen LogP contribution in [0.1, 0.15) is 0 Å². The van der Waals surface area contributed by atoms with E-state index < -0.39 is 0 Å². The first kappa shape index (κ1) is 8.77. The summed E-state index contributed by atoms with van der Waals surface area (Å²) < 4.78 is 7.35. The normalized spacial score (nSPS) is 11.0. The Hall–Kier alpha value is -1.51. The molecule has 3 heterocycles. The average molecular weight is 313 g/mol. The van der Waals surface area contributed by atoms with Gasteiger partial charge in [-0.15, -0.1) is 0 Å². The third kappa shape index (κ3) is 1.39. The molecule has 0 bridgehead atoms. The zero-order chi connectivity index (χ0) is 10.3. The van der Waals surface area contributed by atoms with Crippen LogP contribution in [0.15, 0.2) is 29.3 Å². The Kier molecular flexibility index (Phi) is 1.91. The molecule has 74 valence electrons. The predicted octanol–water partition coefficient (Wildman–Crippen LogP) is 1.38. The van der Waals surface area contributed by atoms with Crippen LogP contribution >= 0.6 is 22.6 Å². The van der Waals surface area contributed by atoms with Crippen LogP contribution in [0.5, 0.6) is 0 Å². The minimum Gasteiger partial charge on any atom is -0.333 e. The van der Waals surface area contributed by atoms with E-state index in [4.69, 9.17) is 4.52 Å². The van der Waals surface area contributed by atoms with Gasteiger partial charge in [-0.05, 0) is 0 Å². The summed E-state index contributed by atoms with van der Waals surface area (Å²) in [6, 6.07) is 0. The van der Waals surface area contributed by atoms with Gasteiger partial charge in [-0.25, -0.2) is 4.52 Å². The Morgan fingerprint density at radius 1 is 1.33 bits per heavy atom. The molecule has 0 unspecified atom stereocenters. The lowest BCUT2D eigenvalue weighted by Crippen LogP contribution is -1.86.